The average molecular weight is 496 g/mol. The summed E-state index contributed by atoms with van der Waals surface area (Å²) in [5, 5.41) is 6.99. The highest BCUT2D eigenvalue weighted by molar-refractivity contribution is 6.32. The Hall–Kier alpha value is -3.71. The number of hydrogen-bond donors (Lipinski definition) is 2. The minimum Gasteiger partial charge on any atom is -0.493 e. The van der Waals surface area contributed by atoms with Crippen molar-refractivity contribution in [3.05, 3.63) is 82.9 Å². The Bertz CT molecular complexity index is 1120. The normalized spacial score (nSPS) is 11.7. The second-order valence-electron chi connectivity index (χ2n) is 7.80. The molecule has 0 aliphatic carbocycles. The molecule has 0 heterocycles. The molecule has 1 atom stereocenters. The summed E-state index contributed by atoms with van der Waals surface area (Å²) in [6.07, 6.45) is 2.57. The van der Waals surface area contributed by atoms with Crippen LogP contribution in [0.2, 0.25) is 5.02 Å². The van der Waals surface area contributed by atoms with Gasteiger partial charge in [0.2, 0.25) is 0 Å². The summed E-state index contributed by atoms with van der Waals surface area (Å²) in [5.41, 5.74) is 5.01. The molecule has 35 heavy (non-hydrogen) atoms. The lowest BCUT2D eigenvalue weighted by molar-refractivity contribution is 0.211. The number of hydrazone groups is 1. The second-order valence-corrected chi connectivity index (χ2v) is 8.21. The number of nitrogens with one attached hydrogen (secondary N) is 2. The molecule has 184 valence electrons. The Kier molecular flexibility index (Phi) is 9.80. The number of methoxy groups -OCH3 is 1. The fourth-order valence-electron chi connectivity index (χ4n) is 3.23. The minimum atomic E-state index is -0.458. The molecule has 0 bridgehead atoms. The van der Waals surface area contributed by atoms with Gasteiger partial charge in [0.25, 0.3) is 0 Å². The van der Waals surface area contributed by atoms with Gasteiger partial charge in [-0.1, -0.05) is 55.8 Å². The summed E-state index contributed by atoms with van der Waals surface area (Å²) in [4.78, 5) is 11.9. The molecule has 0 aliphatic rings. The molecule has 0 fully saturated rings. The summed E-state index contributed by atoms with van der Waals surface area (Å²) < 4.78 is 17.0. The van der Waals surface area contributed by atoms with Crippen molar-refractivity contribution in [2.75, 3.05) is 25.6 Å². The van der Waals surface area contributed by atoms with Gasteiger partial charge in [-0.2, -0.15) is 5.10 Å². The number of urea groups is 1. The fraction of sp³-hybridized carbons (Fsp3) is 0.259. The largest absolute Gasteiger partial charge is 0.493 e. The quantitative estimate of drug-likeness (QED) is 0.181. The zero-order valence-corrected chi connectivity index (χ0v) is 20.8. The van der Waals surface area contributed by atoms with E-state index in [0.29, 0.717) is 40.3 Å². The fourth-order valence-corrected chi connectivity index (χ4v) is 3.51. The van der Waals surface area contributed by atoms with E-state index in [0.717, 1.165) is 12.2 Å². The minimum absolute atomic E-state index is 0.290. The zero-order chi connectivity index (χ0) is 25.0. The van der Waals surface area contributed by atoms with Gasteiger partial charge in [-0.3, -0.25) is 0 Å². The van der Waals surface area contributed by atoms with Crippen molar-refractivity contribution in [3.63, 3.8) is 0 Å². The molecule has 3 rings (SSSR count). The molecule has 0 radical (unpaired) electrons. The number of para-hydroxylation sites is 1. The molecule has 3 aromatic rings. The molecule has 7 nitrogen and oxygen atoms in total. The molecule has 2 N–H and O–H groups in total. The van der Waals surface area contributed by atoms with E-state index in [-0.39, 0.29) is 6.61 Å². The standard InChI is InChI=1S/C27H30ClN3O4/c1-4-19(2)21-10-12-23(13-11-21)34-14-15-35-26-24(28)16-20(17-25(26)33-3)18-29-31-27(32)30-22-8-6-5-7-9-22/h5-13,16-19H,4,14-15H2,1-3H3,(H2,30,31,32)/b29-18+. The van der Waals surface area contributed by atoms with Crippen LogP contribution in [-0.4, -0.2) is 32.6 Å². The molecule has 2 amide bonds. The highest BCUT2D eigenvalue weighted by atomic mass is 35.5. The molecule has 0 saturated carbocycles. The van der Waals surface area contributed by atoms with Crippen LogP contribution < -0.4 is 25.0 Å². The second kappa shape index (κ2) is 13.2. The molecular formula is C27H30ClN3O4. The molecule has 0 spiro atoms. The lowest BCUT2D eigenvalue weighted by Gasteiger charge is -2.14. The van der Waals surface area contributed by atoms with Crippen LogP contribution in [0.15, 0.2) is 71.8 Å². The van der Waals surface area contributed by atoms with E-state index in [4.69, 9.17) is 25.8 Å². The van der Waals surface area contributed by atoms with Crippen molar-refractivity contribution in [1.29, 1.82) is 0 Å². The summed E-state index contributed by atoms with van der Waals surface area (Å²) in [7, 11) is 1.53. The molecule has 3 aromatic carbocycles. The predicted octanol–water partition coefficient (Wildman–Crippen LogP) is 6.48. The number of amides is 2. The smallest absolute Gasteiger partial charge is 0.339 e. The van der Waals surface area contributed by atoms with Gasteiger partial charge >= 0.3 is 6.03 Å². The molecule has 0 aliphatic heterocycles. The van der Waals surface area contributed by atoms with Crippen molar-refractivity contribution >= 4 is 29.5 Å². The van der Waals surface area contributed by atoms with E-state index in [1.54, 1.807) is 24.3 Å². The van der Waals surface area contributed by atoms with Gasteiger partial charge in [-0.15, -0.1) is 0 Å². The van der Waals surface area contributed by atoms with Crippen LogP contribution in [0.25, 0.3) is 0 Å². The van der Waals surface area contributed by atoms with Crippen LogP contribution in [0.4, 0.5) is 10.5 Å². The Morgan fingerprint density at radius 2 is 1.77 bits per heavy atom. The monoisotopic (exact) mass is 495 g/mol. The molecular weight excluding hydrogens is 466 g/mol. The van der Waals surface area contributed by atoms with Gasteiger partial charge < -0.3 is 19.5 Å². The molecule has 1 unspecified atom stereocenters. The van der Waals surface area contributed by atoms with Crippen LogP contribution in [0.5, 0.6) is 17.2 Å². The van der Waals surface area contributed by atoms with E-state index in [9.17, 15) is 4.79 Å². The van der Waals surface area contributed by atoms with Crippen LogP contribution in [0.3, 0.4) is 0 Å². The maximum absolute atomic E-state index is 11.9. The third-order valence-corrected chi connectivity index (χ3v) is 5.60. The van der Waals surface area contributed by atoms with Gasteiger partial charge in [-0.25, -0.2) is 10.2 Å². The number of hydrogen-bond acceptors (Lipinski definition) is 5. The van der Waals surface area contributed by atoms with Crippen LogP contribution in [-0.2, 0) is 0 Å². The van der Waals surface area contributed by atoms with E-state index >= 15 is 0 Å². The molecule has 0 aromatic heterocycles. The number of carbonyl (C=O) groups is 1. The van der Waals surface area contributed by atoms with Gasteiger partial charge in [0.05, 0.1) is 18.3 Å². The van der Waals surface area contributed by atoms with Crippen LogP contribution in [0.1, 0.15) is 37.3 Å². The first kappa shape index (κ1) is 25.9. The van der Waals surface area contributed by atoms with E-state index in [2.05, 4.69) is 41.8 Å². The first-order valence-electron chi connectivity index (χ1n) is 11.4. The maximum atomic E-state index is 11.9. The van der Waals surface area contributed by atoms with Gasteiger partial charge in [0.1, 0.15) is 19.0 Å². The molecule has 8 heteroatoms. The van der Waals surface area contributed by atoms with Crippen molar-refractivity contribution in [2.45, 2.75) is 26.2 Å². The van der Waals surface area contributed by atoms with Crippen molar-refractivity contribution in [1.82, 2.24) is 5.43 Å². The maximum Gasteiger partial charge on any atom is 0.339 e. The lowest BCUT2D eigenvalue weighted by atomic mass is 9.99. The number of anilines is 1. The zero-order valence-electron chi connectivity index (χ0n) is 20.1. The summed E-state index contributed by atoms with van der Waals surface area (Å²) in [6.45, 7) is 5.02. The number of rotatable bonds is 11. The Labute approximate surface area is 211 Å². The van der Waals surface area contributed by atoms with E-state index in [1.165, 1.54) is 18.9 Å². The number of carbonyl (C=O) groups excluding carboxylic acids is 1. The topological polar surface area (TPSA) is 81.2 Å². The summed E-state index contributed by atoms with van der Waals surface area (Å²) in [6, 6.07) is 20.1. The SMILES string of the molecule is CCC(C)c1ccc(OCCOc2c(Cl)cc(/C=N/NC(=O)Nc3ccccc3)cc2OC)cc1. The van der Waals surface area contributed by atoms with Crippen molar-refractivity contribution in [3.8, 4) is 17.2 Å². The first-order chi connectivity index (χ1) is 17.0. The number of benzene rings is 3. The average Bonchev–Trinajstić information content (AvgIpc) is 2.87. The highest BCUT2D eigenvalue weighted by Crippen LogP contribution is 2.36. The summed E-state index contributed by atoms with van der Waals surface area (Å²) >= 11 is 6.41. The van der Waals surface area contributed by atoms with Crippen molar-refractivity contribution < 1.29 is 19.0 Å². The Morgan fingerprint density at radius 1 is 1.06 bits per heavy atom. The van der Waals surface area contributed by atoms with Crippen LogP contribution in [0, 0.1) is 0 Å². The lowest BCUT2D eigenvalue weighted by Crippen LogP contribution is -2.24. The van der Waals surface area contributed by atoms with Gasteiger partial charge in [-0.05, 0) is 59.9 Å². The molecule has 0 saturated heterocycles. The van der Waals surface area contributed by atoms with Gasteiger partial charge in [0.15, 0.2) is 11.5 Å². The van der Waals surface area contributed by atoms with Crippen molar-refractivity contribution in [2.24, 2.45) is 5.10 Å². The first-order valence-corrected chi connectivity index (χ1v) is 11.8. The Morgan fingerprint density at radius 3 is 2.46 bits per heavy atom. The third kappa shape index (κ3) is 7.93. The van der Waals surface area contributed by atoms with Gasteiger partial charge in [0, 0.05) is 5.69 Å². The summed E-state index contributed by atoms with van der Waals surface area (Å²) in [5.74, 6) is 2.17. The number of halogens is 1. The number of nitrogens with zero attached hydrogens (tertiary/aromatic N) is 1. The number of ether oxygens (including phenoxy) is 3. The Balaban J connectivity index is 1.51. The third-order valence-electron chi connectivity index (χ3n) is 5.32. The van der Waals surface area contributed by atoms with E-state index in [1.807, 2.05) is 30.3 Å². The predicted molar refractivity (Wildman–Crippen MR) is 140 cm³/mol. The van der Waals surface area contributed by atoms with E-state index < -0.39 is 6.03 Å². The van der Waals surface area contributed by atoms with Crippen LogP contribution >= 0.6 is 11.6 Å². The highest BCUT2D eigenvalue weighted by Gasteiger charge is 2.12.